The first-order chi connectivity index (χ1) is 11.4. The van der Waals surface area contributed by atoms with Gasteiger partial charge in [0, 0.05) is 5.69 Å². The Bertz CT molecular complexity index is 720. The van der Waals surface area contributed by atoms with E-state index in [0.717, 1.165) is 5.56 Å². The maximum atomic E-state index is 12.2. The molecule has 1 atom stereocenters. The van der Waals surface area contributed by atoms with Crippen molar-refractivity contribution < 1.29 is 14.3 Å². The lowest BCUT2D eigenvalue weighted by molar-refractivity contribution is -0.123. The Hall–Kier alpha value is -2.62. The highest BCUT2D eigenvalue weighted by molar-refractivity contribution is 5.97. The zero-order chi connectivity index (χ0) is 17.7. The Balaban J connectivity index is 1.95. The number of aryl methyl sites for hydroxylation is 1. The molecule has 0 saturated carbocycles. The number of rotatable bonds is 5. The molecule has 0 aliphatic heterocycles. The predicted molar refractivity (Wildman–Crippen MR) is 95.2 cm³/mol. The van der Waals surface area contributed by atoms with E-state index in [4.69, 9.17) is 4.74 Å². The molecule has 1 unspecified atom stereocenters. The number of anilines is 1. The summed E-state index contributed by atoms with van der Waals surface area (Å²) in [4.78, 5) is 24.3. The van der Waals surface area contributed by atoms with Gasteiger partial charge in [-0.15, -0.1) is 0 Å². The van der Waals surface area contributed by atoms with Crippen molar-refractivity contribution in [3.05, 3.63) is 65.2 Å². The van der Waals surface area contributed by atoms with E-state index in [1.807, 2.05) is 37.3 Å². The number of ether oxygens (including phenoxy) is 1. The molecule has 4 heteroatoms. The zero-order valence-corrected chi connectivity index (χ0v) is 14.5. The van der Waals surface area contributed by atoms with Crippen molar-refractivity contribution in [3.63, 3.8) is 0 Å². The summed E-state index contributed by atoms with van der Waals surface area (Å²) >= 11 is 0. The summed E-state index contributed by atoms with van der Waals surface area (Å²) in [5.41, 5.74) is 3.29. The summed E-state index contributed by atoms with van der Waals surface area (Å²) in [6.45, 7) is 7.68. The summed E-state index contributed by atoms with van der Waals surface area (Å²) in [7, 11) is 0. The van der Waals surface area contributed by atoms with Gasteiger partial charge in [-0.3, -0.25) is 4.79 Å². The van der Waals surface area contributed by atoms with Crippen LogP contribution in [0.5, 0.6) is 0 Å². The molecule has 0 heterocycles. The van der Waals surface area contributed by atoms with Crippen LogP contribution in [-0.2, 0) is 9.53 Å². The van der Waals surface area contributed by atoms with Crippen LogP contribution in [0.4, 0.5) is 5.69 Å². The lowest BCUT2D eigenvalue weighted by Crippen LogP contribution is -2.30. The van der Waals surface area contributed by atoms with Gasteiger partial charge < -0.3 is 10.1 Å². The first-order valence-corrected chi connectivity index (χ1v) is 8.05. The Morgan fingerprint density at radius 1 is 1.00 bits per heavy atom. The van der Waals surface area contributed by atoms with Crippen molar-refractivity contribution in [2.24, 2.45) is 0 Å². The molecule has 4 nitrogen and oxygen atoms in total. The first-order valence-electron chi connectivity index (χ1n) is 8.05. The van der Waals surface area contributed by atoms with Crippen LogP contribution in [0.25, 0.3) is 0 Å². The van der Waals surface area contributed by atoms with Gasteiger partial charge in [-0.2, -0.15) is 0 Å². The predicted octanol–water partition coefficient (Wildman–Crippen LogP) is 4.30. The lowest BCUT2D eigenvalue weighted by Gasteiger charge is -2.14. The Labute approximate surface area is 142 Å². The number of amides is 1. The topological polar surface area (TPSA) is 55.4 Å². The number of carbonyl (C=O) groups is 2. The molecule has 0 radical (unpaired) electrons. The molecule has 0 aliphatic rings. The third-order valence-electron chi connectivity index (χ3n) is 3.75. The summed E-state index contributed by atoms with van der Waals surface area (Å²) in [6.07, 6.45) is -0.872. The third kappa shape index (κ3) is 4.69. The van der Waals surface area contributed by atoms with E-state index in [2.05, 4.69) is 19.2 Å². The summed E-state index contributed by atoms with van der Waals surface area (Å²) < 4.78 is 5.24. The molecule has 0 aromatic heterocycles. The van der Waals surface area contributed by atoms with Gasteiger partial charge in [0.15, 0.2) is 6.10 Å². The molecule has 2 aromatic rings. The second-order valence-electron chi connectivity index (χ2n) is 6.18. The number of nitrogens with one attached hydrogen (secondary N) is 1. The Kier molecular flexibility index (Phi) is 5.74. The van der Waals surface area contributed by atoms with Gasteiger partial charge in [0.05, 0.1) is 5.56 Å². The fourth-order valence-corrected chi connectivity index (χ4v) is 2.25. The molecule has 1 N–H and O–H groups in total. The molecular weight excluding hydrogens is 302 g/mol. The fraction of sp³-hybridized carbons (Fsp3) is 0.300. The monoisotopic (exact) mass is 325 g/mol. The largest absolute Gasteiger partial charge is 0.449 e. The highest BCUT2D eigenvalue weighted by Gasteiger charge is 2.19. The van der Waals surface area contributed by atoms with Crippen LogP contribution in [0.2, 0.25) is 0 Å². The standard InChI is InChI=1S/C20H23NO3/c1-13(2)16-8-10-18(11-9-16)21-19(22)15(4)24-20(23)17-7-5-6-14(3)12-17/h5-13,15H,1-4H3,(H,21,22). The van der Waals surface area contributed by atoms with Crippen molar-refractivity contribution >= 4 is 17.6 Å². The average Bonchev–Trinajstić information content (AvgIpc) is 2.55. The summed E-state index contributed by atoms with van der Waals surface area (Å²) in [6, 6.07) is 14.7. The van der Waals surface area contributed by atoms with Crippen molar-refractivity contribution in [1.82, 2.24) is 0 Å². The smallest absolute Gasteiger partial charge is 0.338 e. The summed E-state index contributed by atoms with van der Waals surface area (Å²) in [5.74, 6) is -0.422. The van der Waals surface area contributed by atoms with Gasteiger partial charge in [0.1, 0.15) is 0 Å². The minimum Gasteiger partial charge on any atom is -0.449 e. The van der Waals surface area contributed by atoms with Crippen LogP contribution < -0.4 is 5.32 Å². The van der Waals surface area contributed by atoms with Crippen LogP contribution in [0.15, 0.2) is 48.5 Å². The van der Waals surface area contributed by atoms with Crippen LogP contribution in [0, 0.1) is 6.92 Å². The third-order valence-corrected chi connectivity index (χ3v) is 3.75. The van der Waals surface area contributed by atoms with Crippen LogP contribution >= 0.6 is 0 Å². The lowest BCUT2D eigenvalue weighted by atomic mass is 10.0. The summed E-state index contributed by atoms with van der Waals surface area (Å²) in [5, 5.41) is 2.76. The molecule has 2 rings (SSSR count). The van der Waals surface area contributed by atoms with E-state index in [0.29, 0.717) is 17.2 Å². The SMILES string of the molecule is Cc1cccc(C(=O)OC(C)C(=O)Nc2ccc(C(C)C)cc2)c1. The van der Waals surface area contributed by atoms with E-state index in [-0.39, 0.29) is 5.91 Å². The average molecular weight is 325 g/mol. The molecule has 0 spiro atoms. The second kappa shape index (κ2) is 7.77. The molecule has 1 amide bonds. The minimum atomic E-state index is -0.872. The molecule has 126 valence electrons. The molecule has 0 saturated heterocycles. The van der Waals surface area contributed by atoms with E-state index in [9.17, 15) is 9.59 Å². The molecule has 0 aliphatic carbocycles. The van der Waals surface area contributed by atoms with Gasteiger partial charge in [-0.25, -0.2) is 4.79 Å². The van der Waals surface area contributed by atoms with E-state index in [1.165, 1.54) is 5.56 Å². The van der Waals surface area contributed by atoms with E-state index >= 15 is 0 Å². The molecule has 2 aromatic carbocycles. The van der Waals surface area contributed by atoms with Gasteiger partial charge in [0.25, 0.3) is 5.91 Å². The number of esters is 1. The molecule has 24 heavy (non-hydrogen) atoms. The van der Waals surface area contributed by atoms with Crippen molar-refractivity contribution in [2.75, 3.05) is 5.32 Å². The van der Waals surface area contributed by atoms with E-state index < -0.39 is 12.1 Å². The van der Waals surface area contributed by atoms with Crippen molar-refractivity contribution in [3.8, 4) is 0 Å². The van der Waals surface area contributed by atoms with Crippen molar-refractivity contribution in [2.45, 2.75) is 39.7 Å². The number of benzene rings is 2. The van der Waals surface area contributed by atoms with E-state index in [1.54, 1.807) is 25.1 Å². The van der Waals surface area contributed by atoms with Gasteiger partial charge >= 0.3 is 5.97 Å². The maximum absolute atomic E-state index is 12.2. The second-order valence-corrected chi connectivity index (χ2v) is 6.18. The molecule has 0 bridgehead atoms. The number of carbonyl (C=O) groups excluding carboxylic acids is 2. The highest BCUT2D eigenvalue weighted by atomic mass is 16.5. The number of hydrogen-bond acceptors (Lipinski definition) is 3. The van der Waals surface area contributed by atoms with Crippen LogP contribution in [0.3, 0.4) is 0 Å². The Morgan fingerprint density at radius 2 is 1.67 bits per heavy atom. The van der Waals surface area contributed by atoms with Crippen LogP contribution in [-0.4, -0.2) is 18.0 Å². The molecule has 0 fully saturated rings. The quantitative estimate of drug-likeness (QED) is 0.834. The van der Waals surface area contributed by atoms with Gasteiger partial charge in [-0.05, 0) is 49.6 Å². The first kappa shape index (κ1) is 17.7. The van der Waals surface area contributed by atoms with Crippen LogP contribution in [0.1, 0.15) is 48.2 Å². The Morgan fingerprint density at radius 3 is 2.25 bits per heavy atom. The zero-order valence-electron chi connectivity index (χ0n) is 14.5. The van der Waals surface area contributed by atoms with Crippen molar-refractivity contribution in [1.29, 1.82) is 0 Å². The minimum absolute atomic E-state index is 0.353. The van der Waals surface area contributed by atoms with Gasteiger partial charge in [-0.1, -0.05) is 43.7 Å². The van der Waals surface area contributed by atoms with Gasteiger partial charge in [0.2, 0.25) is 0 Å². The fourth-order valence-electron chi connectivity index (χ4n) is 2.25. The normalized spacial score (nSPS) is 11.9. The molecular formula is C20H23NO3. The maximum Gasteiger partial charge on any atom is 0.338 e. The number of hydrogen-bond donors (Lipinski definition) is 1. The highest BCUT2D eigenvalue weighted by Crippen LogP contribution is 2.17.